The second-order valence-corrected chi connectivity index (χ2v) is 10.4. The van der Waals surface area contributed by atoms with Gasteiger partial charge in [0.05, 0.1) is 16.3 Å². The minimum Gasteiger partial charge on any atom is -0.455 e. The zero-order valence-corrected chi connectivity index (χ0v) is 21.2. The van der Waals surface area contributed by atoms with Crippen LogP contribution in [-0.4, -0.2) is 20.9 Å². The summed E-state index contributed by atoms with van der Waals surface area (Å²) in [5.41, 5.74) is 3.48. The van der Waals surface area contributed by atoms with Gasteiger partial charge in [-0.05, 0) is 74.4 Å². The van der Waals surface area contributed by atoms with Gasteiger partial charge in [0.25, 0.3) is 10.0 Å². The Morgan fingerprint density at radius 2 is 1.44 bits per heavy atom. The third-order valence-electron chi connectivity index (χ3n) is 5.66. The van der Waals surface area contributed by atoms with Crippen molar-refractivity contribution in [3.63, 3.8) is 0 Å². The maximum absolute atomic E-state index is 13.7. The van der Waals surface area contributed by atoms with E-state index in [1.807, 2.05) is 63.2 Å². The normalized spacial score (nSPS) is 11.1. The van der Waals surface area contributed by atoms with Crippen molar-refractivity contribution < 1.29 is 17.9 Å². The number of amides is 1. The van der Waals surface area contributed by atoms with Crippen LogP contribution in [0.5, 0.6) is 11.5 Å². The summed E-state index contributed by atoms with van der Waals surface area (Å²) in [7, 11) is -4.01. The molecule has 0 atom stereocenters. The van der Waals surface area contributed by atoms with E-state index in [1.54, 1.807) is 54.6 Å². The Bertz CT molecular complexity index is 1470. The van der Waals surface area contributed by atoms with Crippen molar-refractivity contribution in [2.45, 2.75) is 25.7 Å². The number of ether oxygens (including phenoxy) is 1. The van der Waals surface area contributed by atoms with E-state index in [9.17, 15) is 13.2 Å². The van der Waals surface area contributed by atoms with Crippen LogP contribution in [0.15, 0.2) is 102 Å². The highest BCUT2D eigenvalue weighted by Gasteiger charge is 2.28. The van der Waals surface area contributed by atoms with Crippen LogP contribution in [0.1, 0.15) is 16.7 Å². The maximum Gasteiger partial charge on any atom is 0.264 e. The number of benzene rings is 4. The van der Waals surface area contributed by atoms with Crippen molar-refractivity contribution in [3.8, 4) is 11.5 Å². The van der Waals surface area contributed by atoms with E-state index in [0.717, 1.165) is 21.0 Å². The van der Waals surface area contributed by atoms with Crippen molar-refractivity contribution in [2.75, 3.05) is 16.2 Å². The summed E-state index contributed by atoms with van der Waals surface area (Å²) in [5.74, 6) is 0.589. The molecule has 6 nitrogen and oxygen atoms in total. The number of para-hydroxylation sites is 3. The van der Waals surface area contributed by atoms with Crippen LogP contribution in [0.4, 0.5) is 11.4 Å². The smallest absolute Gasteiger partial charge is 0.264 e. The Hall–Kier alpha value is -4.10. The monoisotopic (exact) mass is 500 g/mol. The van der Waals surface area contributed by atoms with Gasteiger partial charge in [0.15, 0.2) is 5.75 Å². The van der Waals surface area contributed by atoms with Crippen molar-refractivity contribution in [1.82, 2.24) is 0 Å². The minimum atomic E-state index is -4.01. The summed E-state index contributed by atoms with van der Waals surface area (Å²) < 4.78 is 34.5. The third kappa shape index (κ3) is 5.75. The molecule has 0 bridgehead atoms. The zero-order valence-electron chi connectivity index (χ0n) is 20.4. The van der Waals surface area contributed by atoms with Gasteiger partial charge >= 0.3 is 0 Å². The molecule has 4 aromatic rings. The molecule has 0 radical (unpaired) electrons. The van der Waals surface area contributed by atoms with Crippen LogP contribution in [0.2, 0.25) is 0 Å². The number of nitrogens with zero attached hydrogens (tertiary/aromatic N) is 1. The van der Waals surface area contributed by atoms with Crippen LogP contribution >= 0.6 is 0 Å². The molecule has 4 aromatic carbocycles. The fourth-order valence-electron chi connectivity index (χ4n) is 3.72. The zero-order chi connectivity index (χ0) is 25.7. The van der Waals surface area contributed by atoms with Gasteiger partial charge in [0.2, 0.25) is 5.91 Å². The Balaban J connectivity index is 1.65. The minimum absolute atomic E-state index is 0.120. The van der Waals surface area contributed by atoms with Gasteiger partial charge in [-0.2, -0.15) is 0 Å². The number of anilines is 2. The number of hydrogen-bond acceptors (Lipinski definition) is 4. The molecule has 0 fully saturated rings. The van der Waals surface area contributed by atoms with Gasteiger partial charge in [-0.1, -0.05) is 60.2 Å². The average Bonchev–Trinajstić information content (AvgIpc) is 2.86. The molecule has 4 rings (SSSR count). The lowest BCUT2D eigenvalue weighted by Gasteiger charge is -2.26. The van der Waals surface area contributed by atoms with Gasteiger partial charge in [-0.3, -0.25) is 9.10 Å². The van der Waals surface area contributed by atoms with Gasteiger partial charge in [-0.15, -0.1) is 0 Å². The fourth-order valence-corrected chi connectivity index (χ4v) is 5.20. The highest BCUT2D eigenvalue weighted by molar-refractivity contribution is 7.92. The Labute approximate surface area is 212 Å². The first kappa shape index (κ1) is 25.0. The lowest BCUT2D eigenvalue weighted by molar-refractivity contribution is -0.114. The molecule has 7 heteroatoms. The van der Waals surface area contributed by atoms with E-state index in [1.165, 1.54) is 0 Å². The Kier molecular flexibility index (Phi) is 7.41. The predicted molar refractivity (Wildman–Crippen MR) is 143 cm³/mol. The molecule has 0 aromatic heterocycles. The van der Waals surface area contributed by atoms with Crippen molar-refractivity contribution in [2.24, 2.45) is 0 Å². The molecule has 0 aliphatic heterocycles. The molecule has 0 aliphatic rings. The number of hydrogen-bond donors (Lipinski definition) is 1. The van der Waals surface area contributed by atoms with Crippen LogP contribution in [0.25, 0.3) is 0 Å². The van der Waals surface area contributed by atoms with E-state index in [-0.39, 0.29) is 4.90 Å². The van der Waals surface area contributed by atoms with Crippen molar-refractivity contribution >= 4 is 27.3 Å². The Morgan fingerprint density at radius 3 is 2.17 bits per heavy atom. The molecule has 0 saturated carbocycles. The first-order chi connectivity index (χ1) is 17.2. The summed E-state index contributed by atoms with van der Waals surface area (Å²) in [6, 6.07) is 28.4. The van der Waals surface area contributed by atoms with E-state index in [0.29, 0.717) is 22.9 Å². The maximum atomic E-state index is 13.7. The lowest BCUT2D eigenvalue weighted by atomic mass is 10.1. The van der Waals surface area contributed by atoms with Crippen molar-refractivity contribution in [1.29, 1.82) is 0 Å². The van der Waals surface area contributed by atoms with Gasteiger partial charge < -0.3 is 10.1 Å². The van der Waals surface area contributed by atoms with Gasteiger partial charge in [-0.25, -0.2) is 8.42 Å². The molecular formula is C29H28N2O4S. The number of aryl methyl sites for hydroxylation is 3. The number of nitrogens with one attached hydrogen (secondary N) is 1. The molecule has 0 spiro atoms. The van der Waals surface area contributed by atoms with E-state index in [2.05, 4.69) is 5.32 Å². The van der Waals surface area contributed by atoms with Crippen LogP contribution < -0.4 is 14.4 Å². The Morgan fingerprint density at radius 1 is 0.806 bits per heavy atom. The van der Waals surface area contributed by atoms with Gasteiger partial charge in [0, 0.05) is 0 Å². The highest BCUT2D eigenvalue weighted by atomic mass is 32.2. The first-order valence-electron chi connectivity index (χ1n) is 11.5. The third-order valence-corrected chi connectivity index (χ3v) is 7.44. The van der Waals surface area contributed by atoms with Crippen molar-refractivity contribution in [3.05, 3.63) is 114 Å². The van der Waals surface area contributed by atoms with E-state index < -0.39 is 22.5 Å². The summed E-state index contributed by atoms with van der Waals surface area (Å²) in [6.45, 7) is 5.20. The molecule has 1 amide bonds. The molecule has 184 valence electrons. The standard InChI is InChI=1S/C29H28N2O4S/c1-21-14-17-25(18-15-21)36(33,34)31(27-19-22(2)13-16-23(27)3)20-29(32)30-26-11-7-8-12-28(26)35-24-9-5-4-6-10-24/h4-19H,20H2,1-3H3,(H,30,32). The summed E-state index contributed by atoms with van der Waals surface area (Å²) >= 11 is 0. The highest BCUT2D eigenvalue weighted by Crippen LogP contribution is 2.31. The van der Waals surface area contributed by atoms with E-state index >= 15 is 0 Å². The number of carbonyl (C=O) groups is 1. The lowest BCUT2D eigenvalue weighted by Crippen LogP contribution is -2.38. The van der Waals surface area contributed by atoms with Crippen LogP contribution in [0.3, 0.4) is 0 Å². The largest absolute Gasteiger partial charge is 0.455 e. The number of sulfonamides is 1. The molecular weight excluding hydrogens is 472 g/mol. The molecule has 1 N–H and O–H groups in total. The number of carbonyl (C=O) groups excluding carboxylic acids is 1. The molecule has 0 saturated heterocycles. The summed E-state index contributed by atoms with van der Waals surface area (Å²) in [5, 5.41) is 2.83. The number of rotatable bonds is 8. The predicted octanol–water partition coefficient (Wildman–Crippen LogP) is 6.24. The topological polar surface area (TPSA) is 75.7 Å². The SMILES string of the molecule is Cc1ccc(S(=O)(=O)N(CC(=O)Nc2ccccc2Oc2ccccc2)c2cc(C)ccc2C)cc1. The fraction of sp³-hybridized carbons (Fsp3) is 0.138. The molecule has 0 aliphatic carbocycles. The summed E-state index contributed by atoms with van der Waals surface area (Å²) in [4.78, 5) is 13.4. The average molecular weight is 501 g/mol. The second kappa shape index (κ2) is 10.7. The molecule has 36 heavy (non-hydrogen) atoms. The van der Waals surface area contributed by atoms with Crippen LogP contribution in [-0.2, 0) is 14.8 Å². The quantitative estimate of drug-likeness (QED) is 0.311. The first-order valence-corrected chi connectivity index (χ1v) is 13.0. The van der Waals surface area contributed by atoms with Gasteiger partial charge in [0.1, 0.15) is 12.3 Å². The molecule has 0 heterocycles. The van der Waals surface area contributed by atoms with Crippen LogP contribution in [0, 0.1) is 20.8 Å². The summed E-state index contributed by atoms with van der Waals surface area (Å²) in [6.07, 6.45) is 0. The van der Waals surface area contributed by atoms with E-state index in [4.69, 9.17) is 4.74 Å². The second-order valence-electron chi connectivity index (χ2n) is 8.57. The molecule has 0 unspecified atom stereocenters.